The van der Waals surface area contributed by atoms with Crippen molar-refractivity contribution in [2.75, 3.05) is 17.6 Å². The number of hydrogen-bond donors (Lipinski definition) is 2. The summed E-state index contributed by atoms with van der Waals surface area (Å²) in [5, 5.41) is 5.59. The number of aromatic nitrogens is 1. The van der Waals surface area contributed by atoms with E-state index in [4.69, 9.17) is 17.3 Å². The van der Waals surface area contributed by atoms with Gasteiger partial charge in [0.15, 0.2) is 5.13 Å². The topological polar surface area (TPSA) is 50.9 Å². The van der Waals surface area contributed by atoms with Gasteiger partial charge < -0.3 is 11.1 Å². The molecule has 0 fully saturated rings. The second-order valence-electron chi connectivity index (χ2n) is 3.37. The normalized spacial score (nSPS) is 10.3. The highest BCUT2D eigenvalue weighted by molar-refractivity contribution is 7.19. The number of nitrogen functional groups attached to an aromatic ring is 1. The van der Waals surface area contributed by atoms with Crippen LogP contribution in [0.25, 0.3) is 0 Å². The quantitative estimate of drug-likeness (QED) is 0.881. The van der Waals surface area contributed by atoms with Gasteiger partial charge >= 0.3 is 0 Å². The maximum Gasteiger partial charge on any atom is 0.184 e. The molecule has 3 N–H and O–H groups in total. The number of rotatable bonds is 4. The Hall–Kier alpha value is -1.26. The fourth-order valence-corrected chi connectivity index (χ4v) is 2.07. The molecule has 0 aliphatic carbocycles. The predicted molar refractivity (Wildman–Crippen MR) is 70.2 cm³/mol. The summed E-state index contributed by atoms with van der Waals surface area (Å²) >= 11 is 7.27. The van der Waals surface area contributed by atoms with Gasteiger partial charge in [0.25, 0.3) is 0 Å². The highest BCUT2D eigenvalue weighted by atomic mass is 35.5. The van der Waals surface area contributed by atoms with Gasteiger partial charge in [-0.15, -0.1) is 0 Å². The van der Waals surface area contributed by atoms with Crippen LogP contribution in [0.3, 0.4) is 0 Å². The number of halogens is 1. The van der Waals surface area contributed by atoms with Gasteiger partial charge in [-0.2, -0.15) is 0 Å². The molecular formula is C11H12ClN3S. The van der Waals surface area contributed by atoms with Crippen LogP contribution in [0.15, 0.2) is 30.5 Å². The minimum absolute atomic E-state index is 0.731. The molecule has 0 amide bonds. The molecule has 3 nitrogen and oxygen atoms in total. The average Bonchev–Trinajstić information content (AvgIpc) is 2.67. The van der Waals surface area contributed by atoms with E-state index in [-0.39, 0.29) is 0 Å². The van der Waals surface area contributed by atoms with Gasteiger partial charge in [-0.1, -0.05) is 35.1 Å². The van der Waals surface area contributed by atoms with E-state index < -0.39 is 0 Å². The zero-order valence-corrected chi connectivity index (χ0v) is 10.2. The van der Waals surface area contributed by atoms with Crippen molar-refractivity contribution in [1.82, 2.24) is 4.98 Å². The lowest BCUT2D eigenvalue weighted by Gasteiger charge is -2.02. The van der Waals surface area contributed by atoms with Gasteiger partial charge in [-0.3, -0.25) is 0 Å². The van der Waals surface area contributed by atoms with Crippen LogP contribution < -0.4 is 11.1 Å². The molecule has 1 heterocycles. The molecule has 0 spiro atoms. The number of nitrogens with one attached hydrogen (secondary N) is 1. The largest absolute Gasteiger partial charge is 0.389 e. The monoisotopic (exact) mass is 253 g/mol. The van der Waals surface area contributed by atoms with E-state index in [1.807, 2.05) is 24.3 Å². The lowest BCUT2D eigenvalue weighted by molar-refractivity contribution is 1.02. The Kier molecular flexibility index (Phi) is 3.64. The van der Waals surface area contributed by atoms with E-state index in [0.717, 1.165) is 28.1 Å². The SMILES string of the molecule is Nc1cnc(NCCc2ccc(Cl)cc2)s1. The van der Waals surface area contributed by atoms with Gasteiger partial charge in [-0.05, 0) is 24.1 Å². The van der Waals surface area contributed by atoms with Gasteiger partial charge in [0, 0.05) is 11.6 Å². The summed E-state index contributed by atoms with van der Waals surface area (Å²) in [7, 11) is 0. The van der Waals surface area contributed by atoms with Crippen LogP contribution in [-0.2, 0) is 6.42 Å². The van der Waals surface area contributed by atoms with Crippen LogP contribution in [0.4, 0.5) is 10.1 Å². The second kappa shape index (κ2) is 5.18. The maximum absolute atomic E-state index is 5.81. The Labute approximate surface area is 103 Å². The third-order valence-corrected chi connectivity index (χ3v) is 3.16. The molecule has 1 aromatic heterocycles. The number of thiazole rings is 1. The summed E-state index contributed by atoms with van der Waals surface area (Å²) in [6.45, 7) is 0.842. The van der Waals surface area contributed by atoms with Crippen molar-refractivity contribution in [3.63, 3.8) is 0 Å². The third kappa shape index (κ3) is 3.12. The van der Waals surface area contributed by atoms with E-state index in [0.29, 0.717) is 0 Å². The van der Waals surface area contributed by atoms with Crippen LogP contribution in [0, 0.1) is 0 Å². The summed E-state index contributed by atoms with van der Waals surface area (Å²) < 4.78 is 0. The zero-order chi connectivity index (χ0) is 11.4. The summed E-state index contributed by atoms with van der Waals surface area (Å²) in [5.74, 6) is 0. The average molecular weight is 254 g/mol. The minimum atomic E-state index is 0.731. The van der Waals surface area contributed by atoms with Gasteiger partial charge in [0.05, 0.1) is 6.20 Å². The number of hydrogen-bond acceptors (Lipinski definition) is 4. The summed E-state index contributed by atoms with van der Waals surface area (Å²) in [5.41, 5.74) is 6.83. The lowest BCUT2D eigenvalue weighted by atomic mass is 10.1. The second-order valence-corrected chi connectivity index (χ2v) is 4.87. The van der Waals surface area contributed by atoms with E-state index in [1.54, 1.807) is 6.20 Å². The van der Waals surface area contributed by atoms with Crippen molar-refractivity contribution in [2.24, 2.45) is 0 Å². The standard InChI is InChI=1S/C11H12ClN3S/c12-9-3-1-8(2-4-9)5-6-14-11-15-7-10(13)16-11/h1-4,7H,5-6,13H2,(H,14,15). The molecular weight excluding hydrogens is 242 g/mol. The van der Waals surface area contributed by atoms with Gasteiger partial charge in [0.2, 0.25) is 0 Å². The Bertz CT molecular complexity index is 453. The highest BCUT2D eigenvalue weighted by Crippen LogP contribution is 2.19. The number of benzene rings is 1. The van der Waals surface area contributed by atoms with E-state index in [1.165, 1.54) is 16.9 Å². The fourth-order valence-electron chi connectivity index (χ4n) is 1.33. The van der Waals surface area contributed by atoms with E-state index in [2.05, 4.69) is 10.3 Å². The number of nitrogens with zero attached hydrogens (tertiary/aromatic N) is 1. The molecule has 0 aliphatic heterocycles. The van der Waals surface area contributed by atoms with Crippen molar-refractivity contribution in [3.05, 3.63) is 41.0 Å². The molecule has 0 atom stereocenters. The zero-order valence-electron chi connectivity index (χ0n) is 8.61. The number of nitrogens with two attached hydrogens (primary N) is 1. The lowest BCUT2D eigenvalue weighted by Crippen LogP contribution is -2.04. The summed E-state index contributed by atoms with van der Waals surface area (Å²) in [6.07, 6.45) is 2.60. The first-order valence-electron chi connectivity index (χ1n) is 4.93. The van der Waals surface area contributed by atoms with Crippen molar-refractivity contribution >= 4 is 33.1 Å². The fraction of sp³-hybridized carbons (Fsp3) is 0.182. The van der Waals surface area contributed by atoms with E-state index in [9.17, 15) is 0 Å². The Morgan fingerprint density at radius 3 is 2.69 bits per heavy atom. The first-order valence-corrected chi connectivity index (χ1v) is 6.13. The predicted octanol–water partition coefficient (Wildman–Crippen LogP) is 3.03. The van der Waals surface area contributed by atoms with Crippen LogP contribution in [0.5, 0.6) is 0 Å². The van der Waals surface area contributed by atoms with Crippen molar-refractivity contribution < 1.29 is 0 Å². The minimum Gasteiger partial charge on any atom is -0.389 e. The van der Waals surface area contributed by atoms with Crippen LogP contribution >= 0.6 is 22.9 Å². The van der Waals surface area contributed by atoms with Crippen LogP contribution in [-0.4, -0.2) is 11.5 Å². The number of anilines is 2. The maximum atomic E-state index is 5.81. The highest BCUT2D eigenvalue weighted by Gasteiger charge is 1.98. The third-order valence-electron chi connectivity index (χ3n) is 2.13. The molecule has 1 aromatic carbocycles. The molecule has 0 aliphatic rings. The van der Waals surface area contributed by atoms with Crippen molar-refractivity contribution in [3.8, 4) is 0 Å². The molecule has 84 valence electrons. The molecule has 0 radical (unpaired) electrons. The van der Waals surface area contributed by atoms with Gasteiger partial charge in [0.1, 0.15) is 5.00 Å². The Balaban J connectivity index is 1.82. The first-order chi connectivity index (χ1) is 7.74. The Morgan fingerprint density at radius 1 is 1.31 bits per heavy atom. The van der Waals surface area contributed by atoms with Crippen molar-refractivity contribution in [1.29, 1.82) is 0 Å². The van der Waals surface area contributed by atoms with Crippen molar-refractivity contribution in [2.45, 2.75) is 6.42 Å². The Morgan fingerprint density at radius 2 is 2.06 bits per heavy atom. The molecule has 16 heavy (non-hydrogen) atoms. The van der Waals surface area contributed by atoms with E-state index >= 15 is 0 Å². The molecule has 2 rings (SSSR count). The van der Waals surface area contributed by atoms with Crippen LogP contribution in [0.2, 0.25) is 5.02 Å². The molecule has 0 saturated carbocycles. The molecule has 2 aromatic rings. The summed E-state index contributed by atoms with van der Waals surface area (Å²) in [4.78, 5) is 4.12. The van der Waals surface area contributed by atoms with Crippen LogP contribution in [0.1, 0.15) is 5.56 Å². The first kappa shape index (κ1) is 11.2. The summed E-state index contributed by atoms with van der Waals surface area (Å²) in [6, 6.07) is 7.86. The molecule has 0 unspecified atom stereocenters. The smallest absolute Gasteiger partial charge is 0.184 e. The molecule has 0 saturated heterocycles. The molecule has 5 heteroatoms. The molecule has 0 bridgehead atoms. The van der Waals surface area contributed by atoms with Gasteiger partial charge in [-0.25, -0.2) is 4.98 Å².